The molecule has 0 aliphatic carbocycles. The number of rotatable bonds is 8. The third-order valence-corrected chi connectivity index (χ3v) is 7.68. The molecule has 0 aromatic heterocycles. The number of para-hydroxylation sites is 1. The van der Waals surface area contributed by atoms with Crippen molar-refractivity contribution >= 4 is 46.6 Å². The molecule has 1 aliphatic rings. The molecule has 8 heteroatoms. The molecule has 2 N–H and O–H groups in total. The summed E-state index contributed by atoms with van der Waals surface area (Å²) in [6.45, 7) is 5.79. The van der Waals surface area contributed by atoms with E-state index < -0.39 is 11.9 Å². The number of nitrogens with zero attached hydrogens (tertiary/aromatic N) is 1. The lowest BCUT2D eigenvalue weighted by Gasteiger charge is -2.31. The Bertz CT molecular complexity index is 1490. The van der Waals surface area contributed by atoms with Gasteiger partial charge in [0.15, 0.2) is 0 Å². The van der Waals surface area contributed by atoms with Crippen molar-refractivity contribution in [1.29, 1.82) is 5.26 Å². The number of halogens is 1. The van der Waals surface area contributed by atoms with Gasteiger partial charge in [0.1, 0.15) is 0 Å². The lowest BCUT2D eigenvalue weighted by molar-refractivity contribution is -0.138. The number of allylic oxidation sites excluding steroid dienone is 1. The molecule has 0 spiro atoms. The maximum atomic E-state index is 13.4. The number of nitrogens with one attached hydrogen (secondary N) is 2. The summed E-state index contributed by atoms with van der Waals surface area (Å²) in [5, 5.41) is 17.5. The number of esters is 1. The number of thioether (sulfide) groups is 1. The van der Waals surface area contributed by atoms with Gasteiger partial charge in [0.05, 0.1) is 46.2 Å². The maximum absolute atomic E-state index is 13.4. The summed E-state index contributed by atoms with van der Waals surface area (Å²) in [4.78, 5) is 26.4. The number of carbonyl (C=O) groups excluding carboxylic acids is 2. The SMILES string of the molecule is CCOC(=O)C1=C(c2ccccc2)NC(SCC(=O)Nc2c(C)cccc2C)=C(C#N)[C@@H]1c1ccccc1Cl. The summed E-state index contributed by atoms with van der Waals surface area (Å²) >= 11 is 7.82. The monoisotopic (exact) mass is 557 g/mol. The number of anilines is 1. The Hall–Kier alpha value is -3.99. The van der Waals surface area contributed by atoms with Crippen LogP contribution in [-0.2, 0) is 14.3 Å². The first-order valence-corrected chi connectivity index (χ1v) is 13.8. The predicted molar refractivity (Wildman–Crippen MR) is 157 cm³/mol. The lowest BCUT2D eigenvalue weighted by atomic mass is 9.81. The van der Waals surface area contributed by atoms with Crippen LogP contribution in [0, 0.1) is 25.2 Å². The minimum Gasteiger partial charge on any atom is -0.463 e. The maximum Gasteiger partial charge on any atom is 0.337 e. The molecular formula is C31H28ClN3O3S. The lowest BCUT2D eigenvalue weighted by Crippen LogP contribution is -2.30. The zero-order chi connectivity index (χ0) is 27.9. The van der Waals surface area contributed by atoms with Crippen LogP contribution < -0.4 is 10.6 Å². The first-order valence-electron chi connectivity index (χ1n) is 12.5. The molecule has 0 unspecified atom stereocenters. The van der Waals surface area contributed by atoms with Gasteiger partial charge in [-0.15, -0.1) is 0 Å². The molecule has 6 nitrogen and oxygen atoms in total. The second-order valence-electron chi connectivity index (χ2n) is 8.91. The quantitative estimate of drug-likeness (QED) is 0.299. The van der Waals surface area contributed by atoms with Gasteiger partial charge in [0, 0.05) is 10.7 Å². The number of dihydropyridines is 1. The molecule has 3 aromatic carbocycles. The molecule has 39 heavy (non-hydrogen) atoms. The van der Waals surface area contributed by atoms with E-state index in [1.807, 2.05) is 68.4 Å². The molecule has 1 aliphatic heterocycles. The van der Waals surface area contributed by atoms with Gasteiger partial charge in [0.2, 0.25) is 5.91 Å². The number of carbonyl (C=O) groups is 2. The highest BCUT2D eigenvalue weighted by molar-refractivity contribution is 8.03. The van der Waals surface area contributed by atoms with Gasteiger partial charge in [-0.2, -0.15) is 5.26 Å². The molecular weight excluding hydrogens is 530 g/mol. The first-order chi connectivity index (χ1) is 18.8. The van der Waals surface area contributed by atoms with Crippen LogP contribution in [-0.4, -0.2) is 24.2 Å². The first kappa shape index (κ1) is 28.0. The average Bonchev–Trinajstić information content (AvgIpc) is 2.94. The van der Waals surface area contributed by atoms with Crippen LogP contribution in [0.25, 0.3) is 5.70 Å². The fraction of sp³-hybridized carbons (Fsp3) is 0.194. The number of amides is 1. The van der Waals surface area contributed by atoms with Gasteiger partial charge in [-0.25, -0.2) is 4.79 Å². The van der Waals surface area contributed by atoms with Crippen molar-refractivity contribution in [3.05, 3.63) is 116 Å². The van der Waals surface area contributed by atoms with E-state index >= 15 is 0 Å². The van der Waals surface area contributed by atoms with E-state index in [9.17, 15) is 14.9 Å². The Balaban J connectivity index is 1.78. The minimum atomic E-state index is -0.789. The van der Waals surface area contributed by atoms with Crippen molar-refractivity contribution in [3.8, 4) is 6.07 Å². The van der Waals surface area contributed by atoms with E-state index in [4.69, 9.17) is 16.3 Å². The Morgan fingerprint density at radius 2 is 1.69 bits per heavy atom. The zero-order valence-corrected chi connectivity index (χ0v) is 23.5. The van der Waals surface area contributed by atoms with Crippen molar-refractivity contribution in [2.75, 3.05) is 17.7 Å². The molecule has 0 bridgehead atoms. The topological polar surface area (TPSA) is 91.2 Å². The van der Waals surface area contributed by atoms with E-state index in [1.54, 1.807) is 25.1 Å². The molecule has 0 saturated heterocycles. The summed E-state index contributed by atoms with van der Waals surface area (Å²) in [6.07, 6.45) is 0. The molecule has 1 amide bonds. The van der Waals surface area contributed by atoms with Gasteiger partial charge in [-0.1, -0.05) is 90.1 Å². The molecule has 198 valence electrons. The Kier molecular flexibility index (Phi) is 9.13. The molecule has 1 atom stereocenters. The van der Waals surface area contributed by atoms with Crippen LogP contribution in [0.1, 0.15) is 35.1 Å². The minimum absolute atomic E-state index is 0.0489. The fourth-order valence-corrected chi connectivity index (χ4v) is 5.59. The Labute approximate surface area is 237 Å². The van der Waals surface area contributed by atoms with Crippen molar-refractivity contribution in [3.63, 3.8) is 0 Å². The second kappa shape index (κ2) is 12.7. The van der Waals surface area contributed by atoms with E-state index in [2.05, 4.69) is 16.7 Å². The summed E-state index contributed by atoms with van der Waals surface area (Å²) < 4.78 is 5.46. The summed E-state index contributed by atoms with van der Waals surface area (Å²) in [6, 6.07) is 24.6. The highest BCUT2D eigenvalue weighted by Crippen LogP contribution is 2.45. The van der Waals surface area contributed by atoms with Crippen molar-refractivity contribution in [2.45, 2.75) is 26.7 Å². The van der Waals surface area contributed by atoms with Crippen LogP contribution in [0.4, 0.5) is 5.69 Å². The fourth-order valence-electron chi connectivity index (χ4n) is 4.50. The zero-order valence-electron chi connectivity index (χ0n) is 21.9. The molecule has 4 rings (SSSR count). The number of hydrogen-bond donors (Lipinski definition) is 2. The highest BCUT2D eigenvalue weighted by atomic mass is 35.5. The average molecular weight is 558 g/mol. The van der Waals surface area contributed by atoms with Crippen LogP contribution >= 0.6 is 23.4 Å². The smallest absolute Gasteiger partial charge is 0.337 e. The third-order valence-electron chi connectivity index (χ3n) is 6.32. The van der Waals surface area contributed by atoms with Crippen molar-refractivity contribution < 1.29 is 14.3 Å². The van der Waals surface area contributed by atoms with E-state index in [1.165, 1.54) is 11.8 Å². The number of ether oxygens (including phenoxy) is 1. The molecule has 0 fully saturated rings. The van der Waals surface area contributed by atoms with Crippen LogP contribution in [0.5, 0.6) is 0 Å². The molecule has 0 radical (unpaired) electrons. The summed E-state index contributed by atoms with van der Waals surface area (Å²) in [5.41, 5.74) is 5.14. The number of benzene rings is 3. The second-order valence-corrected chi connectivity index (χ2v) is 10.3. The molecule has 3 aromatic rings. The Morgan fingerprint density at radius 3 is 2.33 bits per heavy atom. The Morgan fingerprint density at radius 1 is 1.03 bits per heavy atom. The van der Waals surface area contributed by atoms with Crippen LogP contribution in [0.3, 0.4) is 0 Å². The highest BCUT2D eigenvalue weighted by Gasteiger charge is 2.38. The molecule has 0 saturated carbocycles. The van der Waals surface area contributed by atoms with Gasteiger partial charge in [-0.3, -0.25) is 4.79 Å². The van der Waals surface area contributed by atoms with Gasteiger partial charge < -0.3 is 15.4 Å². The van der Waals surface area contributed by atoms with Crippen LogP contribution in [0.2, 0.25) is 5.02 Å². The number of nitriles is 1. The summed E-state index contributed by atoms with van der Waals surface area (Å²) in [7, 11) is 0. The molecule has 1 heterocycles. The van der Waals surface area contributed by atoms with Crippen molar-refractivity contribution in [2.24, 2.45) is 0 Å². The van der Waals surface area contributed by atoms with Gasteiger partial charge in [0.25, 0.3) is 0 Å². The third kappa shape index (κ3) is 6.19. The largest absolute Gasteiger partial charge is 0.463 e. The summed E-state index contributed by atoms with van der Waals surface area (Å²) in [5.74, 6) is -1.49. The van der Waals surface area contributed by atoms with E-state index in [0.717, 1.165) is 22.4 Å². The van der Waals surface area contributed by atoms with Crippen LogP contribution in [0.15, 0.2) is 89.0 Å². The van der Waals surface area contributed by atoms with Gasteiger partial charge >= 0.3 is 5.97 Å². The standard InChI is InChI=1S/C31H28ClN3O3S/c1-4-38-31(37)27-26(22-15-8-9-16-24(22)32)23(17-33)30(35-29(27)21-13-6-5-7-14-21)39-18-25(36)34-28-19(2)11-10-12-20(28)3/h5-16,26,35H,4,18H2,1-3H3,(H,34,36)/t26-/m0/s1. The predicted octanol–water partition coefficient (Wildman–Crippen LogP) is 6.73. The normalized spacial score (nSPS) is 14.9. The number of hydrogen-bond acceptors (Lipinski definition) is 6. The van der Waals surface area contributed by atoms with Gasteiger partial charge in [-0.05, 0) is 49.1 Å². The van der Waals surface area contributed by atoms with E-state index in [-0.39, 0.29) is 29.4 Å². The number of aryl methyl sites for hydroxylation is 2. The van der Waals surface area contributed by atoms with E-state index in [0.29, 0.717) is 21.3 Å². The van der Waals surface area contributed by atoms with Crippen molar-refractivity contribution in [1.82, 2.24) is 5.32 Å².